The van der Waals surface area contributed by atoms with Gasteiger partial charge >= 0.3 is 5.82 Å². The summed E-state index contributed by atoms with van der Waals surface area (Å²) >= 11 is 0. The van der Waals surface area contributed by atoms with Gasteiger partial charge < -0.3 is 29.1 Å². The van der Waals surface area contributed by atoms with Crippen LogP contribution in [0.3, 0.4) is 0 Å². The third kappa shape index (κ3) is 5.50. The third-order valence-electron chi connectivity index (χ3n) is 8.24. The van der Waals surface area contributed by atoms with E-state index >= 15 is 0 Å². The number of nitrogens with zero attached hydrogens (tertiary/aromatic N) is 11. The number of hydrogen-bond acceptors (Lipinski definition) is 11. The summed E-state index contributed by atoms with van der Waals surface area (Å²) in [6.45, 7) is 3.04. The van der Waals surface area contributed by atoms with Crippen LogP contribution < -0.4 is 9.64 Å². The molecule has 1 saturated carbocycles. The molecule has 1 saturated heterocycles. The van der Waals surface area contributed by atoms with Crippen LogP contribution in [-0.4, -0.2) is 81.6 Å². The fourth-order valence-electron chi connectivity index (χ4n) is 5.81. The van der Waals surface area contributed by atoms with E-state index in [9.17, 15) is 10.1 Å². The van der Waals surface area contributed by atoms with Gasteiger partial charge in [0.05, 0.1) is 37.5 Å². The van der Waals surface area contributed by atoms with Gasteiger partial charge in [-0.2, -0.15) is 9.78 Å². The zero-order valence-electron chi connectivity index (χ0n) is 23.7. The molecule has 0 unspecified atom stereocenters. The number of ether oxygens (including phenoxy) is 2. The second kappa shape index (κ2) is 11.4. The number of rotatable bonds is 8. The molecule has 0 aromatic carbocycles. The van der Waals surface area contributed by atoms with E-state index in [0.717, 1.165) is 55.5 Å². The Bertz CT molecular complexity index is 1730. The number of tetrazole rings is 1. The van der Waals surface area contributed by atoms with Crippen LogP contribution >= 0.6 is 0 Å². The minimum absolute atomic E-state index is 0.000704. The summed E-state index contributed by atoms with van der Waals surface area (Å²) < 4.78 is 15.9. The molecule has 43 heavy (non-hydrogen) atoms. The molecule has 222 valence electrons. The van der Waals surface area contributed by atoms with Gasteiger partial charge in [-0.05, 0) is 48.0 Å². The van der Waals surface area contributed by atoms with Gasteiger partial charge in [0.25, 0.3) is 0 Å². The van der Waals surface area contributed by atoms with Gasteiger partial charge in [-0.25, -0.2) is 9.55 Å². The van der Waals surface area contributed by atoms with Gasteiger partial charge in [0.1, 0.15) is 24.2 Å². The fraction of sp³-hybridized carbons (Fsp3) is 0.429. The summed E-state index contributed by atoms with van der Waals surface area (Å²) in [6, 6.07) is 7.50. The van der Waals surface area contributed by atoms with Crippen LogP contribution in [0.15, 0.2) is 49.2 Å². The predicted octanol–water partition coefficient (Wildman–Crippen LogP) is 3.17. The molecule has 2 aliphatic rings. The smallest absolute Gasteiger partial charge is 0.323 e. The number of morpholine rings is 1. The lowest BCUT2D eigenvalue weighted by Crippen LogP contribution is -2.36. The monoisotopic (exact) mass is 585 g/mol. The molecule has 0 radical (unpaired) electrons. The maximum atomic E-state index is 11.2. The quantitative estimate of drug-likeness (QED) is 0.195. The van der Waals surface area contributed by atoms with Crippen molar-refractivity contribution in [1.82, 2.24) is 44.3 Å². The maximum absolute atomic E-state index is 11.2. The predicted molar refractivity (Wildman–Crippen MR) is 155 cm³/mol. The summed E-state index contributed by atoms with van der Waals surface area (Å²) in [4.78, 5) is 28.3. The lowest BCUT2D eigenvalue weighted by Gasteiger charge is -2.31. The Morgan fingerprint density at radius 1 is 1.14 bits per heavy atom. The van der Waals surface area contributed by atoms with E-state index in [-0.39, 0.29) is 18.5 Å². The van der Waals surface area contributed by atoms with Crippen molar-refractivity contribution in [2.45, 2.75) is 44.4 Å². The Morgan fingerprint density at radius 3 is 2.72 bits per heavy atom. The zero-order chi connectivity index (χ0) is 29.3. The van der Waals surface area contributed by atoms with Crippen molar-refractivity contribution in [2.75, 3.05) is 31.2 Å². The van der Waals surface area contributed by atoms with Gasteiger partial charge in [0, 0.05) is 55.4 Å². The highest BCUT2D eigenvalue weighted by Crippen LogP contribution is 2.35. The van der Waals surface area contributed by atoms with E-state index in [1.807, 2.05) is 30.9 Å². The number of imidazole rings is 1. The Hall–Kier alpha value is -4.92. The van der Waals surface area contributed by atoms with Crippen LogP contribution in [-0.2, 0) is 18.3 Å². The first-order valence-electron chi connectivity index (χ1n) is 14.4. The van der Waals surface area contributed by atoms with Crippen LogP contribution in [0.2, 0.25) is 0 Å². The van der Waals surface area contributed by atoms with Crippen LogP contribution in [0.4, 0.5) is 11.6 Å². The molecule has 2 fully saturated rings. The first kappa shape index (κ1) is 26.9. The van der Waals surface area contributed by atoms with Crippen molar-refractivity contribution in [3.63, 3.8) is 0 Å². The standard InChI is InChI=1S/C28H31N11O4/c1-35-21(4-7-26(35)39(40)41)17-38-33-27(32-34-38)19-14-23-24(30-16-19)15-25(36-10-12-42-13-11-36)31-28(23)43-22-5-2-20(3-6-22)37-9-8-29-18-37/h4,7-9,14-16,18,20,22H,2-3,5-6,10-13,17H2,1H3. The van der Waals surface area contributed by atoms with E-state index in [0.29, 0.717) is 42.2 Å². The molecule has 5 aromatic heterocycles. The first-order chi connectivity index (χ1) is 21.0. The normalized spacial score (nSPS) is 19.1. The van der Waals surface area contributed by atoms with Crippen molar-refractivity contribution in [1.29, 1.82) is 0 Å². The van der Waals surface area contributed by atoms with Crippen LogP contribution in [0.5, 0.6) is 5.88 Å². The van der Waals surface area contributed by atoms with Gasteiger partial charge in [0.2, 0.25) is 11.7 Å². The van der Waals surface area contributed by atoms with E-state index in [4.69, 9.17) is 19.4 Å². The number of aromatic nitrogens is 9. The summed E-state index contributed by atoms with van der Waals surface area (Å²) in [6.07, 6.45) is 11.3. The van der Waals surface area contributed by atoms with Crippen LogP contribution in [0, 0.1) is 10.1 Å². The maximum Gasteiger partial charge on any atom is 0.323 e. The molecule has 15 heteroatoms. The average molecular weight is 586 g/mol. The topological polar surface area (TPSA) is 157 Å². The van der Waals surface area contributed by atoms with Crippen LogP contribution in [0.1, 0.15) is 37.4 Å². The van der Waals surface area contributed by atoms with Gasteiger partial charge in [-0.3, -0.25) is 4.98 Å². The summed E-state index contributed by atoms with van der Waals surface area (Å²) in [7, 11) is 1.64. The largest absolute Gasteiger partial charge is 0.474 e. The van der Waals surface area contributed by atoms with E-state index in [1.165, 1.54) is 15.4 Å². The number of hydrogen-bond donors (Lipinski definition) is 0. The number of anilines is 1. The van der Waals surface area contributed by atoms with E-state index < -0.39 is 4.92 Å². The summed E-state index contributed by atoms with van der Waals surface area (Å²) in [5, 5.41) is 24.9. The minimum atomic E-state index is -0.423. The Balaban J connectivity index is 1.16. The summed E-state index contributed by atoms with van der Waals surface area (Å²) in [5.41, 5.74) is 2.13. The highest BCUT2D eigenvalue weighted by Gasteiger charge is 2.26. The molecule has 1 aliphatic carbocycles. The van der Waals surface area contributed by atoms with Crippen molar-refractivity contribution >= 4 is 22.5 Å². The van der Waals surface area contributed by atoms with Crippen molar-refractivity contribution in [3.8, 4) is 17.3 Å². The molecular formula is C28H31N11O4. The molecule has 6 heterocycles. The molecule has 0 spiro atoms. The molecular weight excluding hydrogens is 554 g/mol. The second-order valence-electron chi connectivity index (χ2n) is 10.9. The molecule has 1 aliphatic heterocycles. The average Bonchev–Trinajstić information content (AvgIpc) is 3.81. The molecule has 0 amide bonds. The van der Waals surface area contributed by atoms with Gasteiger partial charge in [-0.1, -0.05) is 0 Å². The molecule has 0 atom stereocenters. The minimum Gasteiger partial charge on any atom is -0.474 e. The Labute approximate surface area is 246 Å². The van der Waals surface area contributed by atoms with Gasteiger partial charge in [-0.15, -0.1) is 10.2 Å². The molecule has 0 N–H and O–H groups in total. The molecule has 5 aromatic rings. The lowest BCUT2D eigenvalue weighted by molar-refractivity contribution is -0.391. The van der Waals surface area contributed by atoms with Crippen molar-refractivity contribution in [3.05, 3.63) is 65.0 Å². The first-order valence-corrected chi connectivity index (χ1v) is 14.4. The van der Waals surface area contributed by atoms with E-state index in [2.05, 4.69) is 29.9 Å². The van der Waals surface area contributed by atoms with Crippen molar-refractivity contribution < 1.29 is 14.4 Å². The lowest BCUT2D eigenvalue weighted by atomic mass is 9.93. The third-order valence-corrected chi connectivity index (χ3v) is 8.24. The zero-order valence-corrected chi connectivity index (χ0v) is 23.7. The Kier molecular flexibility index (Phi) is 7.14. The van der Waals surface area contributed by atoms with Crippen molar-refractivity contribution in [2.24, 2.45) is 7.05 Å². The summed E-state index contributed by atoms with van der Waals surface area (Å²) in [5.74, 6) is 1.75. The molecule has 7 rings (SSSR count). The number of fused-ring (bicyclic) bond motifs is 1. The second-order valence-corrected chi connectivity index (χ2v) is 10.9. The highest BCUT2D eigenvalue weighted by molar-refractivity contribution is 5.88. The number of nitro groups is 1. The number of pyridine rings is 2. The fourth-order valence-corrected chi connectivity index (χ4v) is 5.81. The van der Waals surface area contributed by atoms with Crippen LogP contribution in [0.25, 0.3) is 22.3 Å². The molecule has 15 nitrogen and oxygen atoms in total. The Morgan fingerprint density at radius 2 is 1.98 bits per heavy atom. The SMILES string of the molecule is Cn1c(Cn2nnc(-c3cnc4cc(N5CCOCC5)nc(OC5CCC(n6ccnc6)CC5)c4c3)n2)ccc1[N+](=O)[O-]. The highest BCUT2D eigenvalue weighted by atomic mass is 16.6. The van der Waals surface area contributed by atoms with E-state index in [1.54, 1.807) is 19.3 Å². The molecule has 0 bridgehead atoms. The van der Waals surface area contributed by atoms with Gasteiger partial charge in [0.15, 0.2) is 0 Å².